The highest BCUT2D eigenvalue weighted by atomic mass is 35.5. The molecule has 0 saturated heterocycles. The highest BCUT2D eigenvalue weighted by Crippen LogP contribution is 2.15. The van der Waals surface area contributed by atoms with Gasteiger partial charge in [0.15, 0.2) is 11.9 Å². The SMILES string of the molecule is Cc1cccc[n+]1CC(=O)N/N=C/c1c[nH]c2ccccc12.[Cl-]. The first kappa shape index (κ1) is 16.7. The van der Waals surface area contributed by atoms with Crippen LogP contribution in [0.3, 0.4) is 0 Å². The maximum atomic E-state index is 11.9. The number of hydrogen-bond donors (Lipinski definition) is 2. The Morgan fingerprint density at radius 3 is 2.87 bits per heavy atom. The summed E-state index contributed by atoms with van der Waals surface area (Å²) < 4.78 is 1.87. The van der Waals surface area contributed by atoms with Gasteiger partial charge in [0.05, 0.1) is 6.21 Å². The minimum absolute atomic E-state index is 0. The number of carbonyl (C=O) groups is 1. The molecule has 0 fully saturated rings. The molecule has 0 radical (unpaired) electrons. The molecule has 0 unspecified atom stereocenters. The van der Waals surface area contributed by atoms with Gasteiger partial charge in [0.1, 0.15) is 0 Å². The predicted octanol–water partition coefficient (Wildman–Crippen LogP) is -1.08. The summed E-state index contributed by atoms with van der Waals surface area (Å²) in [4.78, 5) is 15.1. The number of hydrazone groups is 1. The molecule has 3 rings (SSSR count). The molecule has 0 atom stereocenters. The number of nitrogens with zero attached hydrogens (tertiary/aromatic N) is 2. The van der Waals surface area contributed by atoms with Crippen LogP contribution in [-0.2, 0) is 11.3 Å². The Labute approximate surface area is 140 Å². The third-order valence-corrected chi connectivity index (χ3v) is 3.50. The molecule has 5 nitrogen and oxygen atoms in total. The molecule has 0 aliphatic heterocycles. The van der Waals surface area contributed by atoms with Crippen LogP contribution in [0.5, 0.6) is 0 Å². The molecule has 118 valence electrons. The van der Waals surface area contributed by atoms with E-state index in [1.165, 1.54) is 0 Å². The fraction of sp³-hybridized carbons (Fsp3) is 0.118. The van der Waals surface area contributed by atoms with Gasteiger partial charge in [0.25, 0.3) is 0 Å². The molecule has 6 heteroatoms. The first-order chi connectivity index (χ1) is 10.7. The number of halogens is 1. The lowest BCUT2D eigenvalue weighted by Gasteiger charge is -1.99. The highest BCUT2D eigenvalue weighted by molar-refractivity contribution is 5.99. The maximum Gasteiger partial charge on any atom is 0.305 e. The number of para-hydroxylation sites is 1. The van der Waals surface area contributed by atoms with E-state index >= 15 is 0 Å². The van der Waals surface area contributed by atoms with Gasteiger partial charge in [-0.15, -0.1) is 0 Å². The number of hydrogen-bond acceptors (Lipinski definition) is 2. The van der Waals surface area contributed by atoms with Crippen molar-refractivity contribution in [1.82, 2.24) is 10.4 Å². The maximum absolute atomic E-state index is 11.9. The molecule has 1 amide bonds. The monoisotopic (exact) mass is 328 g/mol. The molecule has 2 aromatic heterocycles. The standard InChI is InChI=1S/C17H16N4O.ClH/c1-13-6-4-5-9-21(13)12-17(22)20-19-11-14-10-18-16-8-3-2-7-15(14)16;/h2-11H,12H2,1H3,(H-,18,19,20,22);1H. The lowest BCUT2D eigenvalue weighted by atomic mass is 10.2. The summed E-state index contributed by atoms with van der Waals surface area (Å²) in [6.45, 7) is 2.21. The van der Waals surface area contributed by atoms with E-state index in [1.54, 1.807) is 6.21 Å². The molecule has 0 bridgehead atoms. The summed E-state index contributed by atoms with van der Waals surface area (Å²) in [5.41, 5.74) is 5.57. The fourth-order valence-electron chi connectivity index (χ4n) is 2.30. The molecule has 3 aromatic rings. The van der Waals surface area contributed by atoms with Crippen molar-refractivity contribution in [2.45, 2.75) is 13.5 Å². The van der Waals surface area contributed by atoms with Crippen LogP contribution >= 0.6 is 0 Å². The van der Waals surface area contributed by atoms with E-state index in [-0.39, 0.29) is 24.9 Å². The lowest BCUT2D eigenvalue weighted by Crippen LogP contribution is -3.00. The number of fused-ring (bicyclic) bond motifs is 1. The average Bonchev–Trinajstić information content (AvgIpc) is 2.93. The van der Waals surface area contributed by atoms with Gasteiger partial charge >= 0.3 is 5.91 Å². The Balaban J connectivity index is 0.00000192. The zero-order valence-electron chi connectivity index (χ0n) is 12.7. The van der Waals surface area contributed by atoms with Crippen LogP contribution < -0.4 is 22.4 Å². The summed E-state index contributed by atoms with van der Waals surface area (Å²) in [5, 5.41) is 5.11. The highest BCUT2D eigenvalue weighted by Gasteiger charge is 2.10. The van der Waals surface area contributed by atoms with Gasteiger partial charge in [-0.05, 0) is 6.07 Å². The van der Waals surface area contributed by atoms with Crippen LogP contribution in [0.15, 0.2) is 60.0 Å². The molecule has 23 heavy (non-hydrogen) atoms. The first-order valence-electron chi connectivity index (χ1n) is 7.07. The van der Waals surface area contributed by atoms with Crippen molar-refractivity contribution in [3.05, 3.63) is 66.1 Å². The van der Waals surface area contributed by atoms with Gasteiger partial charge in [-0.25, -0.2) is 5.43 Å². The third kappa shape index (κ3) is 3.96. The Hall–Kier alpha value is -2.66. The average molecular weight is 329 g/mol. The normalized spacial score (nSPS) is 10.7. The van der Waals surface area contributed by atoms with Crippen LogP contribution in [0, 0.1) is 6.92 Å². The largest absolute Gasteiger partial charge is 1.00 e. The van der Waals surface area contributed by atoms with E-state index in [4.69, 9.17) is 0 Å². The Bertz CT molecular complexity index is 841. The van der Waals surface area contributed by atoms with E-state index in [2.05, 4.69) is 15.5 Å². The Kier molecular flexibility index (Phi) is 5.49. The summed E-state index contributed by atoms with van der Waals surface area (Å²) in [6.07, 6.45) is 5.40. The number of pyridine rings is 1. The zero-order chi connectivity index (χ0) is 15.4. The Morgan fingerprint density at radius 1 is 1.26 bits per heavy atom. The number of benzene rings is 1. The van der Waals surface area contributed by atoms with Crippen molar-refractivity contribution in [2.75, 3.05) is 0 Å². The topological polar surface area (TPSA) is 61.1 Å². The van der Waals surface area contributed by atoms with E-state index in [0.717, 1.165) is 22.2 Å². The fourth-order valence-corrected chi connectivity index (χ4v) is 2.30. The summed E-state index contributed by atoms with van der Waals surface area (Å²) in [5.74, 6) is -0.157. The van der Waals surface area contributed by atoms with Gasteiger partial charge in [-0.3, -0.25) is 4.79 Å². The number of aromatic amines is 1. The van der Waals surface area contributed by atoms with Gasteiger partial charge in [0, 0.05) is 41.7 Å². The van der Waals surface area contributed by atoms with Crippen LogP contribution in [0.2, 0.25) is 0 Å². The quantitative estimate of drug-likeness (QED) is 0.357. The second-order valence-electron chi connectivity index (χ2n) is 5.05. The van der Waals surface area contributed by atoms with E-state index < -0.39 is 0 Å². The minimum atomic E-state index is -0.157. The molecule has 0 aliphatic carbocycles. The number of rotatable bonds is 4. The van der Waals surface area contributed by atoms with Gasteiger partial charge in [-0.2, -0.15) is 9.67 Å². The van der Waals surface area contributed by atoms with Gasteiger partial charge < -0.3 is 17.4 Å². The van der Waals surface area contributed by atoms with Crippen LogP contribution in [0.25, 0.3) is 10.9 Å². The first-order valence-corrected chi connectivity index (χ1v) is 7.07. The summed E-state index contributed by atoms with van der Waals surface area (Å²) in [7, 11) is 0. The minimum Gasteiger partial charge on any atom is -1.00 e. The molecule has 0 saturated carbocycles. The molecule has 0 spiro atoms. The third-order valence-electron chi connectivity index (χ3n) is 3.50. The van der Waals surface area contributed by atoms with Crippen molar-refractivity contribution in [3.8, 4) is 0 Å². The smallest absolute Gasteiger partial charge is 0.305 e. The number of aryl methyl sites for hydroxylation is 1. The van der Waals surface area contributed by atoms with Crippen molar-refractivity contribution < 1.29 is 21.8 Å². The molecular formula is C17H17ClN4O. The number of aromatic nitrogens is 2. The number of nitrogens with one attached hydrogen (secondary N) is 2. The van der Waals surface area contributed by atoms with E-state index in [1.807, 2.05) is 66.3 Å². The second-order valence-corrected chi connectivity index (χ2v) is 5.05. The van der Waals surface area contributed by atoms with E-state index in [9.17, 15) is 4.79 Å². The number of carbonyl (C=O) groups excluding carboxylic acids is 1. The van der Waals surface area contributed by atoms with Crippen molar-refractivity contribution in [2.24, 2.45) is 5.10 Å². The second kappa shape index (κ2) is 7.56. The molecule has 0 aliphatic rings. The Morgan fingerprint density at radius 2 is 2.04 bits per heavy atom. The molecule has 1 aromatic carbocycles. The van der Waals surface area contributed by atoms with Crippen LogP contribution in [-0.4, -0.2) is 17.1 Å². The van der Waals surface area contributed by atoms with Crippen molar-refractivity contribution in [1.29, 1.82) is 0 Å². The lowest BCUT2D eigenvalue weighted by molar-refractivity contribution is -0.690. The van der Waals surface area contributed by atoms with Crippen LogP contribution in [0.4, 0.5) is 0 Å². The number of amides is 1. The molecule has 2 N–H and O–H groups in total. The predicted molar refractivity (Wildman–Crippen MR) is 85.4 cm³/mol. The van der Waals surface area contributed by atoms with Crippen molar-refractivity contribution in [3.63, 3.8) is 0 Å². The number of H-pyrrole nitrogens is 1. The van der Waals surface area contributed by atoms with Gasteiger partial charge in [0.2, 0.25) is 6.54 Å². The van der Waals surface area contributed by atoms with E-state index in [0.29, 0.717) is 0 Å². The summed E-state index contributed by atoms with van der Waals surface area (Å²) >= 11 is 0. The molecular weight excluding hydrogens is 312 g/mol. The summed E-state index contributed by atoms with van der Waals surface area (Å²) in [6, 6.07) is 13.8. The van der Waals surface area contributed by atoms with Gasteiger partial charge in [-0.1, -0.05) is 24.3 Å². The van der Waals surface area contributed by atoms with Crippen LogP contribution in [0.1, 0.15) is 11.3 Å². The zero-order valence-corrected chi connectivity index (χ0v) is 13.4. The molecule has 2 heterocycles. The van der Waals surface area contributed by atoms with Crippen molar-refractivity contribution >= 4 is 23.0 Å².